The lowest BCUT2D eigenvalue weighted by Gasteiger charge is -2.11. The first-order valence-corrected chi connectivity index (χ1v) is 6.99. The second kappa shape index (κ2) is 6.87. The molecule has 0 fully saturated rings. The van der Waals surface area contributed by atoms with Crippen LogP contribution in [0, 0.1) is 0 Å². The molecule has 1 heterocycles. The third kappa shape index (κ3) is 4.27. The van der Waals surface area contributed by atoms with Crippen LogP contribution in [-0.4, -0.2) is 11.6 Å². The lowest BCUT2D eigenvalue weighted by molar-refractivity contribution is -0.137. The van der Waals surface area contributed by atoms with Crippen LogP contribution in [0.25, 0.3) is 0 Å². The summed E-state index contributed by atoms with van der Waals surface area (Å²) >= 11 is 5.79. The maximum absolute atomic E-state index is 12.5. The van der Waals surface area contributed by atoms with Crippen molar-refractivity contribution < 1.29 is 22.6 Å². The summed E-state index contributed by atoms with van der Waals surface area (Å²) in [6.07, 6.45) is -3.70. The molecule has 0 aliphatic heterocycles. The van der Waals surface area contributed by atoms with Gasteiger partial charge in [0.15, 0.2) is 0 Å². The molecule has 0 aliphatic carbocycles. The van der Waals surface area contributed by atoms with Crippen LogP contribution < -0.4 is 9.47 Å². The van der Waals surface area contributed by atoms with Gasteiger partial charge in [0.25, 0.3) is 0 Å². The van der Waals surface area contributed by atoms with Gasteiger partial charge in [0.2, 0.25) is 5.88 Å². The monoisotopic (exact) mass is 331 g/mol. The Morgan fingerprint density at radius 1 is 1.14 bits per heavy atom. The molecule has 3 nitrogen and oxygen atoms in total. The van der Waals surface area contributed by atoms with Gasteiger partial charge in [-0.3, -0.25) is 0 Å². The first-order valence-electron chi connectivity index (χ1n) is 6.46. The highest BCUT2D eigenvalue weighted by molar-refractivity contribution is 6.17. The van der Waals surface area contributed by atoms with E-state index in [0.29, 0.717) is 18.1 Å². The molecule has 2 rings (SSSR count). The number of halogens is 4. The Morgan fingerprint density at radius 3 is 2.41 bits per heavy atom. The summed E-state index contributed by atoms with van der Waals surface area (Å²) in [6, 6.07) is 7.14. The summed E-state index contributed by atoms with van der Waals surface area (Å²) in [5, 5.41) is 0. The molecule has 1 aromatic heterocycles. The lowest BCUT2D eigenvalue weighted by Crippen LogP contribution is -2.05. The third-order valence-electron chi connectivity index (χ3n) is 2.69. The Balaban J connectivity index is 2.21. The van der Waals surface area contributed by atoms with Crippen LogP contribution >= 0.6 is 11.6 Å². The number of pyridine rings is 1. The summed E-state index contributed by atoms with van der Waals surface area (Å²) in [7, 11) is 0. The Labute approximate surface area is 130 Å². The number of ether oxygens (including phenoxy) is 2. The third-order valence-corrected chi connectivity index (χ3v) is 3.00. The molecule has 0 saturated carbocycles. The van der Waals surface area contributed by atoms with E-state index in [4.69, 9.17) is 21.1 Å². The van der Waals surface area contributed by atoms with E-state index in [1.54, 1.807) is 18.2 Å². The SMILES string of the molecule is CCOc1cc(CCl)cc(Oc2ccc(C(F)(F)F)cn2)c1. The molecule has 2 aromatic rings. The predicted octanol–water partition coefficient (Wildman–Crippen LogP) is 5.03. The molecule has 0 aliphatic rings. The fourth-order valence-electron chi connectivity index (χ4n) is 1.75. The first-order chi connectivity index (χ1) is 10.4. The molecule has 0 atom stereocenters. The maximum Gasteiger partial charge on any atom is 0.417 e. The van der Waals surface area contributed by atoms with Crippen LogP contribution in [0.4, 0.5) is 13.2 Å². The summed E-state index contributed by atoms with van der Waals surface area (Å²) in [5.74, 6) is 1.29. The van der Waals surface area contributed by atoms with E-state index in [0.717, 1.165) is 23.9 Å². The van der Waals surface area contributed by atoms with E-state index in [9.17, 15) is 13.2 Å². The van der Waals surface area contributed by atoms with Gasteiger partial charge in [-0.25, -0.2) is 4.98 Å². The quantitative estimate of drug-likeness (QED) is 0.720. The van der Waals surface area contributed by atoms with Crippen molar-refractivity contribution in [3.05, 3.63) is 47.7 Å². The average molecular weight is 332 g/mol. The zero-order chi connectivity index (χ0) is 16.2. The largest absolute Gasteiger partial charge is 0.494 e. The highest BCUT2D eigenvalue weighted by Crippen LogP contribution is 2.31. The van der Waals surface area contributed by atoms with Crippen molar-refractivity contribution >= 4 is 11.6 Å². The van der Waals surface area contributed by atoms with Crippen molar-refractivity contribution in [2.75, 3.05) is 6.61 Å². The molecule has 0 N–H and O–H groups in total. The molecule has 0 amide bonds. The van der Waals surface area contributed by atoms with Gasteiger partial charge in [0.1, 0.15) is 11.5 Å². The molecular formula is C15H13ClF3NO2. The van der Waals surface area contributed by atoms with Gasteiger partial charge in [-0.05, 0) is 30.7 Å². The van der Waals surface area contributed by atoms with Gasteiger partial charge >= 0.3 is 6.18 Å². The standard InChI is InChI=1S/C15H13ClF3NO2/c1-2-21-12-5-10(8-16)6-13(7-12)22-14-4-3-11(9-20-14)15(17,18)19/h3-7,9H,2,8H2,1H3. The first kappa shape index (κ1) is 16.4. The van der Waals surface area contributed by atoms with Crippen molar-refractivity contribution in [2.45, 2.75) is 19.0 Å². The summed E-state index contributed by atoms with van der Waals surface area (Å²) in [5.41, 5.74) is -0.0566. The van der Waals surface area contributed by atoms with Crippen LogP contribution in [0.15, 0.2) is 36.5 Å². The number of nitrogens with zero attached hydrogens (tertiary/aromatic N) is 1. The number of alkyl halides is 4. The fourth-order valence-corrected chi connectivity index (χ4v) is 1.90. The number of hydrogen-bond acceptors (Lipinski definition) is 3. The van der Waals surface area contributed by atoms with E-state index in [1.165, 1.54) is 0 Å². The average Bonchev–Trinajstić information content (AvgIpc) is 2.47. The van der Waals surface area contributed by atoms with Crippen LogP contribution in [0.5, 0.6) is 17.4 Å². The zero-order valence-corrected chi connectivity index (χ0v) is 12.4. The minimum Gasteiger partial charge on any atom is -0.494 e. The summed E-state index contributed by atoms with van der Waals surface area (Å²) in [4.78, 5) is 3.66. The second-order valence-corrected chi connectivity index (χ2v) is 4.63. The Morgan fingerprint density at radius 2 is 1.86 bits per heavy atom. The minimum atomic E-state index is -4.42. The van der Waals surface area contributed by atoms with Gasteiger partial charge in [-0.1, -0.05) is 0 Å². The van der Waals surface area contributed by atoms with E-state index in [-0.39, 0.29) is 11.8 Å². The normalized spacial score (nSPS) is 11.3. The zero-order valence-electron chi connectivity index (χ0n) is 11.7. The van der Waals surface area contributed by atoms with Crippen molar-refractivity contribution in [3.8, 4) is 17.4 Å². The Kier molecular flexibility index (Phi) is 5.13. The summed E-state index contributed by atoms with van der Waals surface area (Å²) < 4.78 is 48.3. The number of hydrogen-bond donors (Lipinski definition) is 0. The highest BCUT2D eigenvalue weighted by Gasteiger charge is 2.30. The number of rotatable bonds is 5. The number of benzene rings is 1. The fraction of sp³-hybridized carbons (Fsp3) is 0.267. The molecule has 1 aromatic carbocycles. The highest BCUT2D eigenvalue weighted by atomic mass is 35.5. The van der Waals surface area contributed by atoms with Crippen molar-refractivity contribution in [1.29, 1.82) is 0 Å². The molecule has 22 heavy (non-hydrogen) atoms. The van der Waals surface area contributed by atoms with E-state index >= 15 is 0 Å². The van der Waals surface area contributed by atoms with Crippen molar-refractivity contribution in [3.63, 3.8) is 0 Å². The van der Waals surface area contributed by atoms with Crippen LogP contribution in [0.2, 0.25) is 0 Å². The molecule has 0 unspecified atom stereocenters. The minimum absolute atomic E-state index is 0.0576. The number of aromatic nitrogens is 1. The Bertz CT molecular complexity index is 630. The van der Waals surface area contributed by atoms with Gasteiger partial charge in [0, 0.05) is 24.2 Å². The Hall–Kier alpha value is -1.95. The van der Waals surface area contributed by atoms with Gasteiger partial charge < -0.3 is 9.47 Å². The van der Waals surface area contributed by atoms with Crippen LogP contribution in [0.3, 0.4) is 0 Å². The summed E-state index contributed by atoms with van der Waals surface area (Å²) in [6.45, 7) is 2.31. The molecule has 0 spiro atoms. The molecule has 0 radical (unpaired) electrons. The van der Waals surface area contributed by atoms with Gasteiger partial charge in [0.05, 0.1) is 12.2 Å². The molecule has 118 valence electrons. The van der Waals surface area contributed by atoms with E-state index < -0.39 is 11.7 Å². The van der Waals surface area contributed by atoms with Crippen molar-refractivity contribution in [1.82, 2.24) is 4.98 Å². The topological polar surface area (TPSA) is 31.4 Å². The van der Waals surface area contributed by atoms with E-state index in [1.807, 2.05) is 6.92 Å². The molecular weight excluding hydrogens is 319 g/mol. The van der Waals surface area contributed by atoms with Crippen LogP contribution in [0.1, 0.15) is 18.1 Å². The smallest absolute Gasteiger partial charge is 0.417 e. The molecule has 0 saturated heterocycles. The van der Waals surface area contributed by atoms with Crippen molar-refractivity contribution in [2.24, 2.45) is 0 Å². The van der Waals surface area contributed by atoms with E-state index in [2.05, 4.69) is 4.98 Å². The maximum atomic E-state index is 12.5. The lowest BCUT2D eigenvalue weighted by atomic mass is 10.2. The molecule has 0 bridgehead atoms. The molecule has 7 heteroatoms. The second-order valence-electron chi connectivity index (χ2n) is 4.36. The van der Waals surface area contributed by atoms with Gasteiger partial charge in [-0.2, -0.15) is 13.2 Å². The van der Waals surface area contributed by atoms with Crippen LogP contribution in [-0.2, 0) is 12.1 Å². The predicted molar refractivity (Wildman–Crippen MR) is 76.5 cm³/mol. The van der Waals surface area contributed by atoms with Gasteiger partial charge in [-0.15, -0.1) is 11.6 Å².